The van der Waals surface area contributed by atoms with Crippen LogP contribution in [0.4, 0.5) is 26.3 Å². The highest BCUT2D eigenvalue weighted by molar-refractivity contribution is 9.11. The van der Waals surface area contributed by atoms with Gasteiger partial charge >= 0.3 is 36.0 Å². The van der Waals surface area contributed by atoms with Crippen molar-refractivity contribution in [3.8, 4) is 23.0 Å². The molecule has 0 saturated heterocycles. The number of carboxylic acid groups (broad SMARTS) is 4. The van der Waals surface area contributed by atoms with Gasteiger partial charge in [0, 0.05) is 11.1 Å². The molecule has 0 amide bonds. The van der Waals surface area contributed by atoms with Gasteiger partial charge in [0.2, 0.25) is 5.67 Å². The number of benzene rings is 4. The summed E-state index contributed by atoms with van der Waals surface area (Å²) in [7, 11) is 0. The van der Waals surface area contributed by atoms with Crippen molar-refractivity contribution in [1.82, 2.24) is 0 Å². The van der Waals surface area contributed by atoms with Gasteiger partial charge in [0.05, 0.1) is 40.1 Å². The van der Waals surface area contributed by atoms with Crippen molar-refractivity contribution in [2.24, 2.45) is 0 Å². The third kappa shape index (κ3) is 7.58. The molecule has 20 heteroatoms. The molecular formula is C31H14Br4F6O10. The standard InChI is InChI=1S/C31H14Br4F6O10/c32-19-5-11(6-20(33)23(19)50-13-1-3-15(25(42)43)17(9-13)27(46)47)29(36,30(37,38)31(39,40)41)12-7-21(34)24(22(35)8-12)51-14-2-4-16(26(44)45)18(10-14)28(48)49/h1-10H,(H,42,43)(H,44,45)(H,46,47)(H,48,49). The Bertz CT molecular complexity index is 1940. The minimum Gasteiger partial charge on any atom is -0.478 e. The lowest BCUT2D eigenvalue weighted by atomic mass is 9.82. The Morgan fingerprint density at radius 2 is 0.784 bits per heavy atom. The maximum Gasteiger partial charge on any atom is 0.457 e. The molecule has 0 spiro atoms. The number of carboxylic acids is 4. The van der Waals surface area contributed by atoms with Gasteiger partial charge in [0.25, 0.3) is 0 Å². The van der Waals surface area contributed by atoms with Crippen LogP contribution in [-0.4, -0.2) is 56.4 Å². The Labute approximate surface area is 314 Å². The van der Waals surface area contributed by atoms with Crippen molar-refractivity contribution in [2.45, 2.75) is 17.8 Å². The summed E-state index contributed by atoms with van der Waals surface area (Å²) in [5.41, 5.74) is -9.79. The molecule has 0 aliphatic rings. The topological polar surface area (TPSA) is 168 Å². The van der Waals surface area contributed by atoms with E-state index in [1.54, 1.807) is 0 Å². The highest BCUT2D eigenvalue weighted by atomic mass is 79.9. The maximum absolute atomic E-state index is 17.0. The first-order chi connectivity index (χ1) is 23.5. The number of ether oxygens (including phenoxy) is 2. The van der Waals surface area contributed by atoms with Crippen LogP contribution >= 0.6 is 63.7 Å². The SMILES string of the molecule is O=C(O)c1ccc(Oc2c(Br)cc(C(F)(c3cc(Br)c(Oc4ccc(C(=O)O)c(C(=O)O)c4)c(Br)c3)C(F)(F)C(F)(F)F)cc2Br)cc1C(=O)O. The normalized spacial score (nSPS) is 12.0. The molecule has 0 atom stereocenters. The zero-order chi connectivity index (χ0) is 38.4. The van der Waals surface area contributed by atoms with Gasteiger partial charge in [-0.3, -0.25) is 0 Å². The Balaban J connectivity index is 1.84. The molecule has 10 nitrogen and oxygen atoms in total. The lowest BCUT2D eigenvalue weighted by molar-refractivity contribution is -0.323. The van der Waals surface area contributed by atoms with Crippen LogP contribution in [0.5, 0.6) is 23.0 Å². The fraction of sp³-hybridized carbons (Fsp3) is 0.0968. The summed E-state index contributed by atoms with van der Waals surface area (Å²) in [6.07, 6.45) is -6.47. The average Bonchev–Trinajstić information content (AvgIpc) is 3.02. The molecule has 268 valence electrons. The van der Waals surface area contributed by atoms with Crippen LogP contribution in [0, 0.1) is 0 Å². The molecule has 0 aliphatic carbocycles. The average molecular weight is 980 g/mol. The molecular weight excluding hydrogens is 966 g/mol. The molecule has 0 aliphatic heterocycles. The molecule has 0 unspecified atom stereocenters. The summed E-state index contributed by atoms with van der Waals surface area (Å²) in [6, 6.07) is 7.76. The van der Waals surface area contributed by atoms with Gasteiger partial charge in [-0.15, -0.1) is 0 Å². The van der Waals surface area contributed by atoms with Crippen LogP contribution in [-0.2, 0) is 5.67 Å². The molecule has 0 radical (unpaired) electrons. The third-order valence-electron chi connectivity index (χ3n) is 6.92. The quantitative estimate of drug-likeness (QED) is 0.106. The lowest BCUT2D eigenvalue weighted by Gasteiger charge is -2.36. The van der Waals surface area contributed by atoms with Crippen LogP contribution in [0.15, 0.2) is 78.6 Å². The number of hydrogen-bond acceptors (Lipinski definition) is 6. The highest BCUT2D eigenvalue weighted by Gasteiger charge is 2.73. The monoisotopic (exact) mass is 976 g/mol. The zero-order valence-electron chi connectivity index (χ0n) is 24.3. The minimum atomic E-state index is -6.47. The second-order valence-corrected chi connectivity index (χ2v) is 13.5. The summed E-state index contributed by atoms with van der Waals surface area (Å²) in [6.45, 7) is 0. The fourth-order valence-electron chi connectivity index (χ4n) is 4.57. The van der Waals surface area contributed by atoms with E-state index in [9.17, 15) is 52.8 Å². The molecule has 4 aromatic rings. The van der Waals surface area contributed by atoms with Crippen molar-refractivity contribution in [1.29, 1.82) is 0 Å². The molecule has 4 rings (SSSR count). The van der Waals surface area contributed by atoms with E-state index >= 15 is 13.2 Å². The third-order valence-corrected chi connectivity index (χ3v) is 9.28. The van der Waals surface area contributed by atoms with E-state index in [-0.39, 0.29) is 23.0 Å². The predicted molar refractivity (Wildman–Crippen MR) is 177 cm³/mol. The second-order valence-electron chi connectivity index (χ2n) is 10.1. The first-order valence-electron chi connectivity index (χ1n) is 13.2. The van der Waals surface area contributed by atoms with Gasteiger partial charge in [-0.1, -0.05) is 0 Å². The molecule has 0 bridgehead atoms. The Hall–Kier alpha value is -4.14. The number of hydrogen-bond donors (Lipinski definition) is 4. The van der Waals surface area contributed by atoms with E-state index in [2.05, 4.69) is 63.7 Å². The molecule has 0 fully saturated rings. The van der Waals surface area contributed by atoms with Crippen LogP contribution in [0.1, 0.15) is 52.6 Å². The Morgan fingerprint density at radius 3 is 1.04 bits per heavy atom. The van der Waals surface area contributed by atoms with Gasteiger partial charge in [0.15, 0.2) is 11.5 Å². The summed E-state index contributed by atoms with van der Waals surface area (Å²) in [4.78, 5) is 45.9. The van der Waals surface area contributed by atoms with Crippen molar-refractivity contribution in [2.75, 3.05) is 0 Å². The molecule has 0 aromatic heterocycles. The molecule has 0 heterocycles. The number of alkyl halides is 6. The number of rotatable bonds is 11. The van der Waals surface area contributed by atoms with E-state index in [0.29, 0.717) is 24.3 Å². The van der Waals surface area contributed by atoms with E-state index in [0.717, 1.165) is 36.4 Å². The summed E-state index contributed by atoms with van der Waals surface area (Å²) >= 11 is 11.8. The van der Waals surface area contributed by atoms with Gasteiger partial charge in [-0.25, -0.2) is 23.6 Å². The zero-order valence-corrected chi connectivity index (χ0v) is 30.6. The Morgan fingerprint density at radius 1 is 0.490 bits per heavy atom. The lowest BCUT2D eigenvalue weighted by Crippen LogP contribution is -2.53. The van der Waals surface area contributed by atoms with Gasteiger partial charge in [-0.05, 0) is 124 Å². The summed E-state index contributed by atoms with van der Waals surface area (Å²) < 4.78 is 99.2. The van der Waals surface area contributed by atoms with Crippen molar-refractivity contribution >= 4 is 87.6 Å². The largest absolute Gasteiger partial charge is 0.478 e. The number of aromatic carboxylic acids is 4. The van der Waals surface area contributed by atoms with Crippen molar-refractivity contribution in [3.63, 3.8) is 0 Å². The van der Waals surface area contributed by atoms with Crippen LogP contribution in [0.3, 0.4) is 0 Å². The molecule has 4 N–H and O–H groups in total. The summed E-state index contributed by atoms with van der Waals surface area (Å²) in [5, 5.41) is 37.2. The highest BCUT2D eigenvalue weighted by Crippen LogP contribution is 2.57. The van der Waals surface area contributed by atoms with Crippen LogP contribution in [0.2, 0.25) is 0 Å². The maximum atomic E-state index is 17.0. The molecule has 51 heavy (non-hydrogen) atoms. The first-order valence-corrected chi connectivity index (χ1v) is 16.4. The van der Waals surface area contributed by atoms with Crippen LogP contribution in [0.25, 0.3) is 0 Å². The van der Waals surface area contributed by atoms with Crippen molar-refractivity contribution < 1.29 is 75.4 Å². The fourth-order valence-corrected chi connectivity index (χ4v) is 7.27. The minimum absolute atomic E-state index is 0.296. The smallest absolute Gasteiger partial charge is 0.457 e. The van der Waals surface area contributed by atoms with E-state index in [4.69, 9.17) is 9.47 Å². The Kier molecular flexibility index (Phi) is 11.2. The first kappa shape index (κ1) is 39.6. The number of carbonyl (C=O) groups is 4. The number of halogens is 10. The summed E-state index contributed by atoms with van der Waals surface area (Å²) in [5.74, 6) is -13.8. The molecule has 0 saturated carbocycles. The van der Waals surface area contributed by atoms with E-state index in [1.165, 1.54) is 0 Å². The van der Waals surface area contributed by atoms with E-state index in [1.807, 2.05) is 0 Å². The van der Waals surface area contributed by atoms with Gasteiger partial charge < -0.3 is 29.9 Å². The van der Waals surface area contributed by atoms with E-state index < -0.39 is 92.9 Å². The van der Waals surface area contributed by atoms with Crippen LogP contribution < -0.4 is 9.47 Å². The molecule has 4 aromatic carbocycles. The van der Waals surface area contributed by atoms with Gasteiger partial charge in [0.1, 0.15) is 11.5 Å². The van der Waals surface area contributed by atoms with Crippen molar-refractivity contribution in [3.05, 3.63) is 112 Å². The predicted octanol–water partition coefficient (Wildman–Crippen LogP) is 10.5. The second kappa shape index (κ2) is 14.5. The van der Waals surface area contributed by atoms with Gasteiger partial charge in [-0.2, -0.15) is 22.0 Å².